The van der Waals surface area contributed by atoms with Crippen LogP contribution in [0.3, 0.4) is 0 Å². The Balaban J connectivity index is 3.16. The summed E-state index contributed by atoms with van der Waals surface area (Å²) in [5.41, 5.74) is 0.311. The molecule has 0 aliphatic heterocycles. The number of nitrogens with one attached hydrogen (secondary N) is 2. The molecule has 0 radical (unpaired) electrons. The first-order valence-electron chi connectivity index (χ1n) is 7.44. The van der Waals surface area contributed by atoms with E-state index in [-0.39, 0.29) is 17.1 Å². The minimum absolute atomic E-state index is 0.0727. The number of methoxy groups -OCH3 is 1. The second kappa shape index (κ2) is 8.85. The molecular formula is C15H24N2O5S. The number of hydrogen-bond acceptors (Lipinski definition) is 5. The maximum atomic E-state index is 12.5. The Bertz CT molecular complexity index is 631. The molecule has 7 nitrogen and oxygen atoms in total. The van der Waals surface area contributed by atoms with Gasteiger partial charge in [0.2, 0.25) is 10.0 Å². The van der Waals surface area contributed by atoms with Gasteiger partial charge in [0.25, 0.3) is 0 Å². The Kier molecular flexibility index (Phi) is 7.47. The molecule has 0 heterocycles. The zero-order chi connectivity index (χ0) is 17.5. The highest BCUT2D eigenvalue weighted by Crippen LogP contribution is 2.23. The predicted molar refractivity (Wildman–Crippen MR) is 88.5 cm³/mol. The van der Waals surface area contributed by atoms with Crippen molar-refractivity contribution in [2.45, 2.75) is 37.6 Å². The maximum Gasteiger partial charge on any atom is 0.335 e. The van der Waals surface area contributed by atoms with Crippen molar-refractivity contribution >= 4 is 21.7 Å². The average molecular weight is 344 g/mol. The number of rotatable bonds is 10. The first kappa shape index (κ1) is 19.4. The lowest BCUT2D eigenvalue weighted by molar-refractivity contribution is 0.0696. The molecular weight excluding hydrogens is 320 g/mol. The molecule has 0 aromatic heterocycles. The van der Waals surface area contributed by atoms with E-state index in [2.05, 4.69) is 10.0 Å². The van der Waals surface area contributed by atoms with Crippen LogP contribution >= 0.6 is 0 Å². The standard InChI is InChI=1S/C15H24N2O5S/c1-4-5-8-16-13-7-6-12(15(18)19)9-14(13)23(20,21)17-11(2)10-22-3/h6-7,9,11,16-17H,4-5,8,10H2,1-3H3,(H,18,19)/t11-/m0/s1. The van der Waals surface area contributed by atoms with Gasteiger partial charge in [0, 0.05) is 19.7 Å². The van der Waals surface area contributed by atoms with E-state index >= 15 is 0 Å². The van der Waals surface area contributed by atoms with Crippen LogP contribution in [0.1, 0.15) is 37.0 Å². The Morgan fingerprint density at radius 3 is 2.65 bits per heavy atom. The number of unbranched alkanes of at least 4 members (excludes halogenated alkanes) is 1. The van der Waals surface area contributed by atoms with Gasteiger partial charge in [-0.1, -0.05) is 13.3 Å². The topological polar surface area (TPSA) is 105 Å². The summed E-state index contributed by atoms with van der Waals surface area (Å²) in [6.07, 6.45) is 1.85. The van der Waals surface area contributed by atoms with E-state index in [0.717, 1.165) is 12.8 Å². The van der Waals surface area contributed by atoms with Crippen molar-refractivity contribution in [3.05, 3.63) is 23.8 Å². The molecule has 0 unspecified atom stereocenters. The van der Waals surface area contributed by atoms with Gasteiger partial charge in [0.05, 0.1) is 17.9 Å². The molecule has 0 amide bonds. The summed E-state index contributed by atoms with van der Waals surface area (Å²) in [7, 11) is -2.38. The molecule has 0 aliphatic carbocycles. The predicted octanol–water partition coefficient (Wildman–Crippen LogP) is 1.91. The number of aromatic carboxylic acids is 1. The smallest absolute Gasteiger partial charge is 0.335 e. The average Bonchev–Trinajstić information content (AvgIpc) is 2.47. The Morgan fingerprint density at radius 1 is 1.39 bits per heavy atom. The molecule has 1 atom stereocenters. The van der Waals surface area contributed by atoms with Gasteiger partial charge >= 0.3 is 5.97 Å². The highest BCUT2D eigenvalue weighted by Gasteiger charge is 2.22. The van der Waals surface area contributed by atoms with Crippen LogP contribution in [0.4, 0.5) is 5.69 Å². The van der Waals surface area contributed by atoms with E-state index < -0.39 is 22.0 Å². The first-order valence-corrected chi connectivity index (χ1v) is 8.92. The van der Waals surface area contributed by atoms with Crippen molar-refractivity contribution in [2.75, 3.05) is 25.6 Å². The van der Waals surface area contributed by atoms with E-state index in [1.807, 2.05) is 6.92 Å². The number of carboxylic acid groups (broad SMARTS) is 1. The van der Waals surface area contributed by atoms with E-state index in [9.17, 15) is 13.2 Å². The summed E-state index contributed by atoms with van der Waals surface area (Å²) in [4.78, 5) is 11.0. The van der Waals surface area contributed by atoms with E-state index in [4.69, 9.17) is 9.84 Å². The van der Waals surface area contributed by atoms with Crippen molar-refractivity contribution in [3.63, 3.8) is 0 Å². The Morgan fingerprint density at radius 2 is 2.09 bits per heavy atom. The monoisotopic (exact) mass is 344 g/mol. The highest BCUT2D eigenvalue weighted by molar-refractivity contribution is 7.89. The van der Waals surface area contributed by atoms with E-state index in [1.165, 1.54) is 25.3 Å². The summed E-state index contributed by atoms with van der Waals surface area (Å²) < 4.78 is 32.5. The second-order valence-corrected chi connectivity index (χ2v) is 6.96. The molecule has 0 spiro atoms. The van der Waals surface area contributed by atoms with Crippen LogP contribution in [0.5, 0.6) is 0 Å². The van der Waals surface area contributed by atoms with Crippen LogP contribution in [-0.2, 0) is 14.8 Å². The van der Waals surface area contributed by atoms with Crippen LogP contribution in [0.15, 0.2) is 23.1 Å². The minimum atomic E-state index is -3.86. The van der Waals surface area contributed by atoms with Crippen LogP contribution in [0.2, 0.25) is 0 Å². The fourth-order valence-electron chi connectivity index (χ4n) is 2.04. The normalized spacial score (nSPS) is 12.8. The first-order chi connectivity index (χ1) is 10.8. The number of ether oxygens (including phenoxy) is 1. The summed E-state index contributed by atoms with van der Waals surface area (Å²) in [5, 5.41) is 12.1. The zero-order valence-electron chi connectivity index (χ0n) is 13.6. The third-order valence-corrected chi connectivity index (χ3v) is 4.77. The lowest BCUT2D eigenvalue weighted by Gasteiger charge is -2.17. The van der Waals surface area contributed by atoms with Crippen molar-refractivity contribution in [3.8, 4) is 0 Å². The number of carbonyl (C=O) groups is 1. The van der Waals surface area contributed by atoms with Crippen molar-refractivity contribution in [1.29, 1.82) is 0 Å². The third-order valence-electron chi connectivity index (χ3n) is 3.14. The molecule has 8 heteroatoms. The zero-order valence-corrected chi connectivity index (χ0v) is 14.4. The molecule has 23 heavy (non-hydrogen) atoms. The van der Waals surface area contributed by atoms with E-state index in [0.29, 0.717) is 12.2 Å². The molecule has 0 saturated carbocycles. The molecule has 130 valence electrons. The Hall–Kier alpha value is -1.64. The SMILES string of the molecule is CCCCNc1ccc(C(=O)O)cc1S(=O)(=O)N[C@@H](C)COC. The van der Waals surface area contributed by atoms with Gasteiger partial charge in [-0.25, -0.2) is 17.9 Å². The fourth-order valence-corrected chi connectivity index (χ4v) is 3.47. The number of sulfonamides is 1. The van der Waals surface area contributed by atoms with Crippen molar-refractivity contribution in [2.24, 2.45) is 0 Å². The van der Waals surface area contributed by atoms with Crippen LogP contribution in [0.25, 0.3) is 0 Å². The molecule has 1 rings (SSSR count). The molecule has 3 N–H and O–H groups in total. The highest BCUT2D eigenvalue weighted by atomic mass is 32.2. The molecule has 0 aliphatic rings. The molecule has 0 fully saturated rings. The van der Waals surface area contributed by atoms with Gasteiger partial charge in [0.1, 0.15) is 4.90 Å². The molecule has 0 bridgehead atoms. The molecule has 1 aromatic carbocycles. The summed E-state index contributed by atoms with van der Waals surface area (Å²) in [6.45, 7) is 4.53. The lowest BCUT2D eigenvalue weighted by Crippen LogP contribution is -2.36. The molecule has 0 saturated heterocycles. The summed E-state index contributed by atoms with van der Waals surface area (Å²) >= 11 is 0. The number of anilines is 1. The second-order valence-electron chi connectivity index (χ2n) is 5.27. The van der Waals surface area contributed by atoms with E-state index in [1.54, 1.807) is 6.92 Å². The third kappa shape index (κ3) is 5.81. The lowest BCUT2D eigenvalue weighted by atomic mass is 10.2. The van der Waals surface area contributed by atoms with Gasteiger partial charge in [-0.3, -0.25) is 0 Å². The van der Waals surface area contributed by atoms with Gasteiger partial charge in [-0.05, 0) is 31.5 Å². The molecule has 1 aromatic rings. The number of hydrogen-bond donors (Lipinski definition) is 3. The summed E-state index contributed by atoms with van der Waals surface area (Å²) in [5.74, 6) is -1.17. The van der Waals surface area contributed by atoms with Gasteiger partial charge < -0.3 is 15.2 Å². The van der Waals surface area contributed by atoms with Crippen LogP contribution in [-0.4, -0.2) is 45.8 Å². The minimum Gasteiger partial charge on any atom is -0.478 e. The van der Waals surface area contributed by atoms with Crippen LogP contribution < -0.4 is 10.0 Å². The van der Waals surface area contributed by atoms with Gasteiger partial charge in [0.15, 0.2) is 0 Å². The number of carboxylic acids is 1. The summed E-state index contributed by atoms with van der Waals surface area (Å²) in [6, 6.07) is 3.60. The quantitative estimate of drug-likeness (QED) is 0.560. The number of benzene rings is 1. The van der Waals surface area contributed by atoms with Crippen LogP contribution in [0, 0.1) is 0 Å². The fraction of sp³-hybridized carbons (Fsp3) is 0.533. The largest absolute Gasteiger partial charge is 0.478 e. The van der Waals surface area contributed by atoms with Gasteiger partial charge in [-0.2, -0.15) is 0 Å². The maximum absolute atomic E-state index is 12.5. The van der Waals surface area contributed by atoms with Crippen molar-refractivity contribution < 1.29 is 23.1 Å². The van der Waals surface area contributed by atoms with Gasteiger partial charge in [-0.15, -0.1) is 0 Å². The van der Waals surface area contributed by atoms with Crippen molar-refractivity contribution in [1.82, 2.24) is 4.72 Å². The Labute approximate surface area is 137 Å².